The second-order valence-corrected chi connectivity index (χ2v) is 3.15. The number of rotatable bonds is 5. The molecule has 1 aromatic rings. The maximum absolute atomic E-state index is 12.5. The fraction of sp³-hybridized carbons (Fsp3) is 0.400. The van der Waals surface area contributed by atoms with Gasteiger partial charge in [-0.05, 0) is 17.7 Å². The van der Waals surface area contributed by atoms with Crippen molar-refractivity contribution in [2.24, 2.45) is 5.73 Å². The van der Waals surface area contributed by atoms with E-state index in [4.69, 9.17) is 10.8 Å². The molecule has 0 bridgehead atoms. The lowest BCUT2D eigenvalue weighted by molar-refractivity contribution is 0.179. The van der Waals surface area contributed by atoms with Crippen molar-refractivity contribution in [1.29, 1.82) is 0 Å². The monoisotopic (exact) mass is 198 g/mol. The van der Waals surface area contributed by atoms with Gasteiger partial charge in [-0.25, -0.2) is 4.39 Å². The Balaban J connectivity index is 2.28. The molecule has 0 fully saturated rings. The molecule has 1 aromatic carbocycles. The summed E-state index contributed by atoms with van der Waals surface area (Å²) in [7, 11) is 0. The van der Waals surface area contributed by atoms with Crippen LogP contribution in [-0.4, -0.2) is 24.3 Å². The average molecular weight is 198 g/mol. The second kappa shape index (κ2) is 5.70. The normalized spacial score (nSPS) is 12.8. The van der Waals surface area contributed by atoms with Crippen LogP contribution in [0.5, 0.6) is 0 Å². The van der Waals surface area contributed by atoms with E-state index in [1.165, 1.54) is 12.1 Å². The molecule has 0 amide bonds. The maximum atomic E-state index is 12.5. The first-order valence-corrected chi connectivity index (χ1v) is 4.55. The van der Waals surface area contributed by atoms with Crippen molar-refractivity contribution in [3.63, 3.8) is 0 Å². The number of nitrogens with one attached hydrogen (secondary N) is 1. The lowest BCUT2D eigenvalue weighted by Crippen LogP contribution is -2.32. The molecule has 1 atom stereocenters. The highest BCUT2D eigenvalue weighted by Crippen LogP contribution is 2.01. The van der Waals surface area contributed by atoms with Gasteiger partial charge in [0.2, 0.25) is 0 Å². The largest absolute Gasteiger partial charge is 0.390 e. The van der Waals surface area contributed by atoms with Crippen LogP contribution in [0.3, 0.4) is 0 Å². The number of halogens is 1. The van der Waals surface area contributed by atoms with Crippen LogP contribution < -0.4 is 11.1 Å². The van der Waals surface area contributed by atoms with Gasteiger partial charge in [0.05, 0.1) is 6.10 Å². The van der Waals surface area contributed by atoms with Gasteiger partial charge in [-0.3, -0.25) is 0 Å². The maximum Gasteiger partial charge on any atom is 0.123 e. The number of hydrogen-bond acceptors (Lipinski definition) is 3. The summed E-state index contributed by atoms with van der Waals surface area (Å²) in [6.07, 6.45) is -0.518. The molecule has 0 saturated heterocycles. The van der Waals surface area contributed by atoms with Crippen LogP contribution in [0.1, 0.15) is 5.56 Å². The standard InChI is InChI=1S/C10H15FN2O/c11-9-3-1-8(2-4-9)6-13-7-10(14)5-12/h1-4,10,13-14H,5-7,12H2/t10-/m0/s1. The Morgan fingerprint density at radius 1 is 1.36 bits per heavy atom. The van der Waals surface area contributed by atoms with Crippen molar-refractivity contribution in [2.75, 3.05) is 13.1 Å². The lowest BCUT2D eigenvalue weighted by atomic mass is 10.2. The third-order valence-electron chi connectivity index (χ3n) is 1.89. The zero-order valence-electron chi connectivity index (χ0n) is 7.91. The van der Waals surface area contributed by atoms with Crippen molar-refractivity contribution >= 4 is 0 Å². The highest BCUT2D eigenvalue weighted by molar-refractivity contribution is 5.15. The van der Waals surface area contributed by atoms with Gasteiger partial charge in [-0.1, -0.05) is 12.1 Å². The summed E-state index contributed by atoms with van der Waals surface area (Å²) in [5.41, 5.74) is 6.21. The smallest absolute Gasteiger partial charge is 0.123 e. The van der Waals surface area contributed by atoms with E-state index in [1.807, 2.05) is 0 Å². The molecule has 0 aliphatic carbocycles. The van der Waals surface area contributed by atoms with E-state index in [-0.39, 0.29) is 12.4 Å². The molecule has 4 N–H and O–H groups in total. The van der Waals surface area contributed by atoms with Gasteiger partial charge in [-0.2, -0.15) is 0 Å². The van der Waals surface area contributed by atoms with Crippen LogP contribution in [0, 0.1) is 5.82 Å². The van der Waals surface area contributed by atoms with E-state index in [9.17, 15) is 4.39 Å². The molecule has 0 aliphatic heterocycles. The molecule has 0 unspecified atom stereocenters. The summed E-state index contributed by atoms with van der Waals surface area (Å²) in [5.74, 6) is -0.240. The van der Waals surface area contributed by atoms with E-state index < -0.39 is 6.10 Å². The number of aliphatic hydroxyl groups is 1. The van der Waals surface area contributed by atoms with Crippen molar-refractivity contribution in [3.8, 4) is 0 Å². The summed E-state index contributed by atoms with van der Waals surface area (Å²) in [4.78, 5) is 0. The van der Waals surface area contributed by atoms with Crippen LogP contribution in [0.25, 0.3) is 0 Å². The number of nitrogens with two attached hydrogens (primary N) is 1. The Labute approximate surface area is 82.7 Å². The first-order chi connectivity index (χ1) is 6.72. The summed E-state index contributed by atoms with van der Waals surface area (Å²) < 4.78 is 12.5. The molecular weight excluding hydrogens is 183 g/mol. The highest BCUT2D eigenvalue weighted by Gasteiger charge is 1.99. The van der Waals surface area contributed by atoms with Gasteiger partial charge in [0, 0.05) is 19.6 Å². The molecule has 78 valence electrons. The minimum atomic E-state index is -0.518. The van der Waals surface area contributed by atoms with Crippen LogP contribution in [0.2, 0.25) is 0 Å². The van der Waals surface area contributed by atoms with Crippen LogP contribution in [0.4, 0.5) is 4.39 Å². The minimum Gasteiger partial charge on any atom is -0.390 e. The zero-order valence-corrected chi connectivity index (χ0v) is 7.91. The van der Waals surface area contributed by atoms with Crippen molar-refractivity contribution in [2.45, 2.75) is 12.6 Å². The highest BCUT2D eigenvalue weighted by atomic mass is 19.1. The van der Waals surface area contributed by atoms with Crippen LogP contribution >= 0.6 is 0 Å². The molecule has 14 heavy (non-hydrogen) atoms. The zero-order chi connectivity index (χ0) is 10.4. The Hall–Kier alpha value is -0.970. The quantitative estimate of drug-likeness (QED) is 0.635. The van der Waals surface area contributed by atoms with Gasteiger partial charge < -0.3 is 16.2 Å². The topological polar surface area (TPSA) is 58.3 Å². The Morgan fingerprint density at radius 3 is 2.57 bits per heavy atom. The second-order valence-electron chi connectivity index (χ2n) is 3.15. The molecule has 3 nitrogen and oxygen atoms in total. The molecule has 0 saturated carbocycles. The van der Waals surface area contributed by atoms with Crippen molar-refractivity contribution in [1.82, 2.24) is 5.32 Å². The van der Waals surface area contributed by atoms with Crippen molar-refractivity contribution in [3.05, 3.63) is 35.6 Å². The summed E-state index contributed by atoms with van der Waals surface area (Å²) >= 11 is 0. The Bertz CT molecular complexity index is 263. The van der Waals surface area contributed by atoms with Crippen molar-refractivity contribution < 1.29 is 9.50 Å². The van der Waals surface area contributed by atoms with Gasteiger partial charge in [0.25, 0.3) is 0 Å². The average Bonchev–Trinajstić information content (AvgIpc) is 2.21. The van der Waals surface area contributed by atoms with Gasteiger partial charge >= 0.3 is 0 Å². The van der Waals surface area contributed by atoms with Gasteiger partial charge in [0.15, 0.2) is 0 Å². The number of hydrogen-bond donors (Lipinski definition) is 3. The van der Waals surface area contributed by atoms with Gasteiger partial charge in [-0.15, -0.1) is 0 Å². The molecule has 0 heterocycles. The molecule has 4 heteroatoms. The molecular formula is C10H15FN2O. The molecule has 0 radical (unpaired) electrons. The molecule has 1 rings (SSSR count). The van der Waals surface area contributed by atoms with E-state index >= 15 is 0 Å². The SMILES string of the molecule is NC[C@H](O)CNCc1ccc(F)cc1. The summed E-state index contributed by atoms with van der Waals surface area (Å²) in [6.45, 7) is 1.31. The molecule has 0 spiro atoms. The predicted molar refractivity (Wildman–Crippen MR) is 53.2 cm³/mol. The van der Waals surface area contributed by atoms with Crippen LogP contribution in [0.15, 0.2) is 24.3 Å². The Morgan fingerprint density at radius 2 is 2.00 bits per heavy atom. The third-order valence-corrected chi connectivity index (χ3v) is 1.89. The third kappa shape index (κ3) is 3.83. The fourth-order valence-corrected chi connectivity index (χ4v) is 1.07. The van der Waals surface area contributed by atoms with Gasteiger partial charge in [0.1, 0.15) is 5.82 Å². The molecule has 0 aliphatic rings. The van der Waals surface area contributed by atoms with Crippen LogP contribution in [-0.2, 0) is 6.54 Å². The van der Waals surface area contributed by atoms with E-state index in [0.717, 1.165) is 5.56 Å². The first-order valence-electron chi connectivity index (χ1n) is 4.55. The fourth-order valence-electron chi connectivity index (χ4n) is 1.07. The Kier molecular flexibility index (Phi) is 4.52. The molecule has 0 aromatic heterocycles. The van der Waals surface area contributed by atoms with E-state index in [1.54, 1.807) is 12.1 Å². The first kappa shape index (κ1) is 11.1. The lowest BCUT2D eigenvalue weighted by Gasteiger charge is -2.08. The number of benzene rings is 1. The minimum absolute atomic E-state index is 0.240. The number of aliphatic hydroxyl groups excluding tert-OH is 1. The summed E-state index contributed by atoms with van der Waals surface area (Å²) in [6, 6.07) is 6.24. The van der Waals surface area contributed by atoms with E-state index in [2.05, 4.69) is 5.32 Å². The summed E-state index contributed by atoms with van der Waals surface area (Å²) in [5, 5.41) is 12.2. The predicted octanol–water partition coefficient (Wildman–Crippen LogP) is 0.235. The van der Waals surface area contributed by atoms with E-state index in [0.29, 0.717) is 13.1 Å².